The smallest absolute Gasteiger partial charge is 0.269 e. The molecule has 110 valence electrons. The predicted molar refractivity (Wildman–Crippen MR) is 89.0 cm³/mol. The monoisotopic (exact) mass is 368 g/mol. The zero-order valence-electron chi connectivity index (χ0n) is 11.6. The van der Waals surface area contributed by atoms with Gasteiger partial charge in [0.1, 0.15) is 0 Å². The summed E-state index contributed by atoms with van der Waals surface area (Å²) in [6.07, 6.45) is 0. The van der Waals surface area contributed by atoms with Crippen LogP contribution in [0.1, 0.15) is 16.7 Å². The SMILES string of the molecule is Cc1cc(NCc2cc([N+](=O)[O-])ccc2Cl)cc(C)c1Br. The molecule has 0 atom stereocenters. The highest BCUT2D eigenvalue weighted by atomic mass is 79.9. The highest BCUT2D eigenvalue weighted by molar-refractivity contribution is 9.10. The Hall–Kier alpha value is -1.59. The second kappa shape index (κ2) is 6.45. The van der Waals surface area contributed by atoms with Gasteiger partial charge < -0.3 is 5.32 Å². The Bertz CT molecular complexity index is 681. The van der Waals surface area contributed by atoms with E-state index in [9.17, 15) is 10.1 Å². The number of non-ortho nitro benzene ring substituents is 1. The summed E-state index contributed by atoms with van der Waals surface area (Å²) in [5.41, 5.74) is 3.95. The molecule has 0 radical (unpaired) electrons. The number of hydrogen-bond donors (Lipinski definition) is 1. The van der Waals surface area contributed by atoms with E-state index in [2.05, 4.69) is 21.2 Å². The second-order valence-electron chi connectivity index (χ2n) is 4.81. The Morgan fingerprint density at radius 1 is 1.24 bits per heavy atom. The Kier molecular flexibility index (Phi) is 4.85. The van der Waals surface area contributed by atoms with Crippen LogP contribution in [0, 0.1) is 24.0 Å². The first-order valence-corrected chi connectivity index (χ1v) is 7.49. The molecular weight excluding hydrogens is 356 g/mol. The molecule has 21 heavy (non-hydrogen) atoms. The summed E-state index contributed by atoms with van der Waals surface area (Å²) in [7, 11) is 0. The lowest BCUT2D eigenvalue weighted by molar-refractivity contribution is -0.384. The molecule has 1 N–H and O–H groups in total. The molecule has 4 nitrogen and oxygen atoms in total. The Morgan fingerprint density at radius 3 is 2.43 bits per heavy atom. The fraction of sp³-hybridized carbons (Fsp3) is 0.200. The van der Waals surface area contributed by atoms with Crippen LogP contribution in [0.4, 0.5) is 11.4 Å². The van der Waals surface area contributed by atoms with Crippen LogP contribution in [0.2, 0.25) is 5.02 Å². The molecule has 0 aliphatic rings. The first-order valence-electron chi connectivity index (χ1n) is 6.32. The summed E-state index contributed by atoms with van der Waals surface area (Å²) in [5, 5.41) is 14.6. The van der Waals surface area contributed by atoms with E-state index in [0.29, 0.717) is 17.1 Å². The maximum Gasteiger partial charge on any atom is 0.269 e. The number of nitro benzene ring substituents is 1. The lowest BCUT2D eigenvalue weighted by Crippen LogP contribution is -2.02. The molecule has 0 heterocycles. The van der Waals surface area contributed by atoms with Crippen LogP contribution in [0.15, 0.2) is 34.8 Å². The highest BCUT2D eigenvalue weighted by Crippen LogP contribution is 2.27. The predicted octanol–water partition coefficient (Wildman–Crippen LogP) is 5.24. The summed E-state index contributed by atoms with van der Waals surface area (Å²) < 4.78 is 1.08. The van der Waals surface area contributed by atoms with E-state index < -0.39 is 4.92 Å². The number of benzene rings is 2. The molecule has 0 saturated heterocycles. The number of nitro groups is 1. The van der Waals surface area contributed by atoms with Crippen LogP contribution in [-0.4, -0.2) is 4.92 Å². The van der Waals surface area contributed by atoms with Gasteiger partial charge in [0.2, 0.25) is 0 Å². The topological polar surface area (TPSA) is 55.2 Å². The molecule has 0 saturated carbocycles. The van der Waals surface area contributed by atoms with Gasteiger partial charge >= 0.3 is 0 Å². The minimum absolute atomic E-state index is 0.0411. The number of nitrogens with zero attached hydrogens (tertiary/aromatic N) is 1. The molecule has 0 fully saturated rings. The van der Waals surface area contributed by atoms with Gasteiger partial charge in [-0.3, -0.25) is 10.1 Å². The molecule has 0 aromatic heterocycles. The Balaban J connectivity index is 2.20. The van der Waals surface area contributed by atoms with Gasteiger partial charge in [0.05, 0.1) is 4.92 Å². The summed E-state index contributed by atoms with van der Waals surface area (Å²) in [6.45, 7) is 4.46. The van der Waals surface area contributed by atoms with Crippen LogP contribution >= 0.6 is 27.5 Å². The number of aryl methyl sites for hydroxylation is 2. The van der Waals surface area contributed by atoms with Crippen molar-refractivity contribution in [2.45, 2.75) is 20.4 Å². The van der Waals surface area contributed by atoms with Crippen LogP contribution in [0.25, 0.3) is 0 Å². The van der Waals surface area contributed by atoms with Crippen molar-refractivity contribution >= 4 is 38.9 Å². The minimum Gasteiger partial charge on any atom is -0.381 e. The Morgan fingerprint density at radius 2 is 1.86 bits per heavy atom. The summed E-state index contributed by atoms with van der Waals surface area (Å²) in [5.74, 6) is 0. The van der Waals surface area contributed by atoms with Crippen molar-refractivity contribution in [2.24, 2.45) is 0 Å². The van der Waals surface area contributed by atoms with Crippen molar-refractivity contribution in [3.8, 4) is 0 Å². The number of halogens is 2. The van der Waals surface area contributed by atoms with E-state index in [-0.39, 0.29) is 5.69 Å². The molecule has 0 aliphatic heterocycles. The van der Waals surface area contributed by atoms with Gasteiger partial charge in [0.15, 0.2) is 0 Å². The number of anilines is 1. The average Bonchev–Trinajstić information content (AvgIpc) is 2.43. The number of hydrogen-bond acceptors (Lipinski definition) is 3. The van der Waals surface area contributed by atoms with E-state index in [1.165, 1.54) is 12.1 Å². The van der Waals surface area contributed by atoms with Gasteiger partial charge in [-0.2, -0.15) is 0 Å². The third kappa shape index (κ3) is 3.74. The fourth-order valence-electron chi connectivity index (χ4n) is 2.06. The van der Waals surface area contributed by atoms with Gasteiger partial charge in [-0.25, -0.2) is 0 Å². The largest absolute Gasteiger partial charge is 0.381 e. The molecule has 2 aromatic rings. The molecule has 0 amide bonds. The number of nitrogens with one attached hydrogen (secondary N) is 1. The average molecular weight is 370 g/mol. The third-order valence-electron chi connectivity index (χ3n) is 3.16. The van der Waals surface area contributed by atoms with Crippen molar-refractivity contribution in [1.82, 2.24) is 0 Å². The molecule has 0 aliphatic carbocycles. The molecule has 0 unspecified atom stereocenters. The quantitative estimate of drug-likeness (QED) is 0.592. The van der Waals surface area contributed by atoms with Gasteiger partial charge in [-0.15, -0.1) is 0 Å². The standard InChI is InChI=1S/C15H14BrClN2O2/c1-9-5-12(6-10(2)15(9)16)18-8-11-7-13(19(20)21)3-4-14(11)17/h3-7,18H,8H2,1-2H3. The van der Waals surface area contributed by atoms with Crippen LogP contribution in [0.3, 0.4) is 0 Å². The molecule has 2 aromatic carbocycles. The van der Waals surface area contributed by atoms with Gasteiger partial charge in [-0.1, -0.05) is 27.5 Å². The molecule has 6 heteroatoms. The zero-order valence-corrected chi connectivity index (χ0v) is 14.0. The van der Waals surface area contributed by atoms with Crippen LogP contribution in [-0.2, 0) is 6.54 Å². The van der Waals surface area contributed by atoms with Crippen molar-refractivity contribution in [3.05, 3.63) is 66.6 Å². The van der Waals surface area contributed by atoms with E-state index in [1.807, 2.05) is 26.0 Å². The van der Waals surface area contributed by atoms with E-state index >= 15 is 0 Å². The first-order chi connectivity index (χ1) is 9.88. The zero-order chi connectivity index (χ0) is 15.6. The lowest BCUT2D eigenvalue weighted by Gasteiger charge is -2.11. The Labute approximate surface area is 136 Å². The summed E-state index contributed by atoms with van der Waals surface area (Å²) >= 11 is 9.61. The van der Waals surface area contributed by atoms with E-state index in [4.69, 9.17) is 11.6 Å². The third-order valence-corrected chi connectivity index (χ3v) is 4.78. The van der Waals surface area contributed by atoms with Gasteiger partial charge in [-0.05, 0) is 48.7 Å². The summed E-state index contributed by atoms with van der Waals surface area (Å²) in [4.78, 5) is 10.4. The number of rotatable bonds is 4. The molecule has 0 bridgehead atoms. The highest BCUT2D eigenvalue weighted by Gasteiger charge is 2.10. The van der Waals surface area contributed by atoms with Gasteiger partial charge in [0, 0.05) is 33.9 Å². The molecule has 2 rings (SSSR count). The van der Waals surface area contributed by atoms with Crippen LogP contribution in [0.5, 0.6) is 0 Å². The maximum atomic E-state index is 10.8. The van der Waals surface area contributed by atoms with E-state index in [1.54, 1.807) is 6.07 Å². The summed E-state index contributed by atoms with van der Waals surface area (Å²) in [6, 6.07) is 8.48. The van der Waals surface area contributed by atoms with Gasteiger partial charge in [0.25, 0.3) is 5.69 Å². The second-order valence-corrected chi connectivity index (χ2v) is 6.01. The van der Waals surface area contributed by atoms with Crippen molar-refractivity contribution in [3.63, 3.8) is 0 Å². The fourth-order valence-corrected chi connectivity index (χ4v) is 2.47. The van der Waals surface area contributed by atoms with Crippen molar-refractivity contribution in [2.75, 3.05) is 5.32 Å². The first kappa shape index (κ1) is 15.8. The minimum atomic E-state index is -0.423. The van der Waals surface area contributed by atoms with Crippen molar-refractivity contribution < 1.29 is 4.92 Å². The molecule has 0 spiro atoms. The van der Waals surface area contributed by atoms with Crippen LogP contribution < -0.4 is 5.32 Å². The van der Waals surface area contributed by atoms with Crippen molar-refractivity contribution in [1.29, 1.82) is 0 Å². The normalized spacial score (nSPS) is 10.5. The lowest BCUT2D eigenvalue weighted by atomic mass is 10.1. The van der Waals surface area contributed by atoms with E-state index in [0.717, 1.165) is 21.3 Å². The maximum absolute atomic E-state index is 10.8. The molecular formula is C15H14BrClN2O2.